The summed E-state index contributed by atoms with van der Waals surface area (Å²) in [7, 11) is 14.6. The summed E-state index contributed by atoms with van der Waals surface area (Å²) in [4.78, 5) is 37.6. The number of nitrogens with zero attached hydrogens (tertiary/aromatic N) is 6. The number of hydrazone groups is 3. The summed E-state index contributed by atoms with van der Waals surface area (Å²) in [5.41, 5.74) is 19.3. The molecule has 0 bridgehead atoms. The van der Waals surface area contributed by atoms with E-state index in [0.717, 1.165) is 89.3 Å². The van der Waals surface area contributed by atoms with Gasteiger partial charge in [0.1, 0.15) is 0 Å². The Morgan fingerprint density at radius 2 is 0.589 bits per heavy atom. The van der Waals surface area contributed by atoms with Crippen molar-refractivity contribution in [2.75, 3.05) is 63.8 Å². The predicted octanol–water partition coefficient (Wildman–Crippen LogP) is 13.7. The minimum atomic E-state index is -0.0868. The van der Waals surface area contributed by atoms with Gasteiger partial charge in [-0.05, 0) is 112 Å². The topological polar surface area (TPSA) is 153 Å². The first kappa shape index (κ1) is 62.5. The van der Waals surface area contributed by atoms with Gasteiger partial charge in [-0.25, -0.2) is 15.0 Å². The van der Waals surface area contributed by atoms with Gasteiger partial charge in [-0.1, -0.05) is 156 Å². The van der Waals surface area contributed by atoms with E-state index in [9.17, 15) is 14.4 Å². The molecule has 0 atom stereocenters. The molecule has 456 valence electrons. The summed E-state index contributed by atoms with van der Waals surface area (Å²) >= 11 is 5.99. The van der Waals surface area contributed by atoms with E-state index in [0.29, 0.717) is 45.2 Å². The van der Waals surface area contributed by atoms with Crippen molar-refractivity contribution in [2.45, 2.75) is 33.1 Å². The number of ether oxygens (including phenoxy) is 6. The van der Waals surface area contributed by atoms with E-state index in [1.165, 1.54) is 31.7 Å². The van der Waals surface area contributed by atoms with Crippen molar-refractivity contribution in [2.24, 2.45) is 15.3 Å². The van der Waals surface area contributed by atoms with Gasteiger partial charge in [-0.15, -0.1) is 0 Å². The third kappa shape index (κ3) is 13.8. The minimum absolute atomic E-state index is 0.0742. The van der Waals surface area contributed by atoms with Crippen LogP contribution in [0.15, 0.2) is 197 Å². The number of rotatable bonds is 12. The van der Waals surface area contributed by atoms with E-state index < -0.39 is 0 Å². The Morgan fingerprint density at radius 1 is 0.322 bits per heavy atom. The van der Waals surface area contributed by atoms with Crippen LogP contribution in [0.3, 0.4) is 0 Å². The Morgan fingerprint density at radius 3 is 0.889 bits per heavy atom. The lowest BCUT2D eigenvalue weighted by atomic mass is 9.94. The van der Waals surface area contributed by atoms with Crippen LogP contribution in [0.1, 0.15) is 61.2 Å². The Bertz CT molecular complexity index is 4060. The molecule has 0 N–H and O–H groups in total. The molecule has 3 aliphatic rings. The van der Waals surface area contributed by atoms with Crippen LogP contribution in [0.5, 0.6) is 34.5 Å². The molecule has 0 aliphatic carbocycles. The maximum Gasteiger partial charge on any atom is 0.246 e. The highest BCUT2D eigenvalue weighted by Crippen LogP contribution is 2.38. The molecule has 9 aromatic rings. The molecule has 3 aliphatic heterocycles. The standard InChI is InChI=1S/2C25H24N2O3.C24H21ClN2O3/c1-16-5-7-17(8-6-16)18-9-11-19(12-10-18)25-21-15-23(30-4)22(29-3)13-20(21)14-24(28)27(2)26-25;1-16-6-5-7-19(12-16)17-8-10-18(11-9-17)25-21-15-23(30-4)22(29-3)13-20(21)14-24(28)27(2)26-25;1-27-23(28)13-18-12-21(29-2)22(30-3)14-20(18)24(26-27)17-6-4-15(5-7-17)16-8-10-19(25)11-9-16/h2*5-13,15H,14H2,1-4H3;4-12,14H,13H2,1-3H3. The van der Waals surface area contributed by atoms with Crippen molar-refractivity contribution in [1.29, 1.82) is 0 Å². The molecule has 3 heterocycles. The van der Waals surface area contributed by atoms with E-state index in [4.69, 9.17) is 40.0 Å². The number of fused-ring (bicyclic) bond motifs is 3. The van der Waals surface area contributed by atoms with Gasteiger partial charge >= 0.3 is 0 Å². The van der Waals surface area contributed by atoms with Crippen LogP contribution in [0, 0.1) is 13.8 Å². The first-order chi connectivity index (χ1) is 43.5. The Labute approximate surface area is 530 Å². The van der Waals surface area contributed by atoms with Crippen molar-refractivity contribution in [1.82, 2.24) is 15.0 Å². The van der Waals surface area contributed by atoms with Crippen LogP contribution in [0.2, 0.25) is 5.02 Å². The van der Waals surface area contributed by atoms with E-state index in [1.807, 2.05) is 109 Å². The largest absolute Gasteiger partial charge is 0.493 e. The van der Waals surface area contributed by atoms with Gasteiger partial charge in [0.25, 0.3) is 0 Å². The SMILES string of the molecule is COc1cc2c(cc1OC)C(c1ccc(-c3ccc(C)cc3)cc1)=NN(C)C(=O)C2.COc1cc2c(cc1OC)C(c1ccc(-c3ccc(Cl)cc3)cc1)=NN(C)C(=O)C2.COc1cc2c(cc1OC)C(c1ccc(-c3cccc(C)c3)cc1)=NN(C)C(=O)C2. The van der Waals surface area contributed by atoms with Gasteiger partial charge in [0, 0.05) is 59.5 Å². The smallest absolute Gasteiger partial charge is 0.246 e. The van der Waals surface area contributed by atoms with E-state index >= 15 is 0 Å². The number of hydrogen-bond donors (Lipinski definition) is 0. The lowest BCUT2D eigenvalue weighted by Gasteiger charge is -2.14. The molecule has 3 amide bonds. The van der Waals surface area contributed by atoms with Crippen molar-refractivity contribution in [3.05, 3.63) is 248 Å². The molecule has 9 aromatic carbocycles. The predicted molar refractivity (Wildman–Crippen MR) is 355 cm³/mol. The minimum Gasteiger partial charge on any atom is -0.493 e. The maximum absolute atomic E-state index is 12.5. The molecule has 15 nitrogen and oxygen atoms in total. The van der Waals surface area contributed by atoms with Gasteiger partial charge in [-0.3, -0.25) is 14.4 Å². The van der Waals surface area contributed by atoms with Crippen molar-refractivity contribution in [3.63, 3.8) is 0 Å². The molecule has 0 radical (unpaired) electrons. The quantitative estimate of drug-likeness (QED) is 0.116. The molecule has 0 aromatic heterocycles. The number of halogens is 1. The number of aryl methyl sites for hydroxylation is 2. The summed E-state index contributed by atoms with van der Waals surface area (Å²) in [6.45, 7) is 4.17. The molecular weight excluding hydrogens is 1150 g/mol. The van der Waals surface area contributed by atoms with Crippen LogP contribution >= 0.6 is 11.6 Å². The van der Waals surface area contributed by atoms with Crippen LogP contribution < -0.4 is 28.4 Å². The summed E-state index contributed by atoms with van der Waals surface area (Å²) < 4.78 is 32.7. The first-order valence-electron chi connectivity index (χ1n) is 29.0. The Kier molecular flexibility index (Phi) is 19.2. The lowest BCUT2D eigenvalue weighted by molar-refractivity contribution is -0.129. The number of likely N-dealkylation sites (N-methyl/N-ethyl adjacent to an activating group) is 3. The third-order valence-corrected chi connectivity index (χ3v) is 16.1. The van der Waals surface area contributed by atoms with Gasteiger partial charge in [0.2, 0.25) is 17.7 Å². The average Bonchev–Trinajstić information content (AvgIpc) is 1.52. The normalized spacial score (nSPS) is 13.4. The second-order valence-electron chi connectivity index (χ2n) is 21.7. The molecule has 0 saturated heterocycles. The van der Waals surface area contributed by atoms with Gasteiger partial charge in [0.05, 0.1) is 79.1 Å². The van der Waals surface area contributed by atoms with Gasteiger partial charge < -0.3 is 28.4 Å². The fraction of sp³-hybridized carbons (Fsp3) is 0.189. The summed E-state index contributed by atoms with van der Waals surface area (Å²) in [6.07, 6.45) is 0.739. The van der Waals surface area contributed by atoms with Crippen molar-refractivity contribution in [3.8, 4) is 67.9 Å². The zero-order valence-corrected chi connectivity index (χ0v) is 52.9. The number of carbonyl (C=O) groups is 3. The summed E-state index contributed by atoms with van der Waals surface area (Å²) in [5, 5.41) is 18.7. The zero-order chi connectivity index (χ0) is 63.8. The molecule has 90 heavy (non-hydrogen) atoms. The van der Waals surface area contributed by atoms with Crippen LogP contribution in [-0.4, -0.2) is 114 Å². The second-order valence-corrected chi connectivity index (χ2v) is 22.1. The highest BCUT2D eigenvalue weighted by Gasteiger charge is 2.28. The molecule has 0 spiro atoms. The molecule has 0 saturated carbocycles. The molecule has 12 rings (SSSR count). The number of carbonyl (C=O) groups excluding carboxylic acids is 3. The third-order valence-electron chi connectivity index (χ3n) is 15.8. The van der Waals surface area contributed by atoms with Crippen LogP contribution in [0.4, 0.5) is 0 Å². The Hall–Kier alpha value is -10.5. The second kappa shape index (κ2) is 27.7. The highest BCUT2D eigenvalue weighted by molar-refractivity contribution is 6.30. The van der Waals surface area contributed by atoms with Crippen LogP contribution in [-0.2, 0) is 33.6 Å². The fourth-order valence-corrected chi connectivity index (χ4v) is 10.9. The monoisotopic (exact) mass is 1220 g/mol. The molecule has 0 unspecified atom stereocenters. The van der Waals surface area contributed by atoms with Crippen molar-refractivity contribution >= 4 is 46.5 Å². The number of benzene rings is 9. The lowest BCUT2D eigenvalue weighted by Crippen LogP contribution is -2.22. The molecule has 0 fully saturated rings. The van der Waals surface area contributed by atoms with E-state index in [-0.39, 0.29) is 37.0 Å². The fourth-order valence-electron chi connectivity index (χ4n) is 10.8. The highest BCUT2D eigenvalue weighted by atomic mass is 35.5. The number of methoxy groups -OCH3 is 6. The van der Waals surface area contributed by atoms with Crippen LogP contribution in [0.25, 0.3) is 33.4 Å². The number of amides is 3. The molecule has 16 heteroatoms. The molecular formula is C74H69ClN6O9. The first-order valence-corrected chi connectivity index (χ1v) is 29.4. The average molecular weight is 1220 g/mol. The van der Waals surface area contributed by atoms with Crippen molar-refractivity contribution < 1.29 is 42.8 Å². The number of hydrogen-bond acceptors (Lipinski definition) is 12. The van der Waals surface area contributed by atoms with E-state index in [1.54, 1.807) is 63.8 Å². The Balaban J connectivity index is 0.000000148. The van der Waals surface area contributed by atoms with Gasteiger partial charge in [0.15, 0.2) is 34.5 Å². The summed E-state index contributed by atoms with van der Waals surface area (Å²) in [5.74, 6) is 3.37. The zero-order valence-electron chi connectivity index (χ0n) is 52.2. The van der Waals surface area contributed by atoms with Gasteiger partial charge in [-0.2, -0.15) is 15.3 Å². The maximum atomic E-state index is 12.5. The summed E-state index contributed by atoms with van der Waals surface area (Å²) in [6, 6.07) is 60.4. The van der Waals surface area contributed by atoms with E-state index in [2.05, 4.69) is 102 Å².